The Labute approximate surface area is 200 Å². The Morgan fingerprint density at radius 1 is 1.18 bits per heavy atom. The molecule has 0 aliphatic carbocycles. The van der Waals surface area contributed by atoms with Crippen molar-refractivity contribution in [3.63, 3.8) is 0 Å². The van der Waals surface area contributed by atoms with E-state index >= 15 is 0 Å². The summed E-state index contributed by atoms with van der Waals surface area (Å²) >= 11 is 0. The quantitative estimate of drug-likeness (QED) is 0.343. The third kappa shape index (κ3) is 5.28. The van der Waals surface area contributed by atoms with Gasteiger partial charge in [0.05, 0.1) is 31.6 Å². The van der Waals surface area contributed by atoms with Gasteiger partial charge in [-0.3, -0.25) is 9.59 Å². The fraction of sp³-hybridized carbons (Fsp3) is 0.462. The number of furan rings is 1. The number of unbranched alkanes of at least 4 members (excludes halogenated alkanes) is 1. The van der Waals surface area contributed by atoms with E-state index in [4.69, 9.17) is 13.9 Å². The second-order valence-corrected chi connectivity index (χ2v) is 8.11. The topological polar surface area (TPSA) is 92.5 Å². The molecule has 1 aromatic heterocycles. The van der Waals surface area contributed by atoms with Gasteiger partial charge in [0, 0.05) is 13.1 Å². The molecular weight excluding hydrogens is 436 g/mol. The predicted octanol–water partition coefficient (Wildman–Crippen LogP) is 4.39. The van der Waals surface area contributed by atoms with Crippen LogP contribution in [0.4, 0.5) is 0 Å². The highest BCUT2D eigenvalue weighted by molar-refractivity contribution is 6.15. The minimum absolute atomic E-state index is 0.00111. The van der Waals surface area contributed by atoms with Crippen LogP contribution in [0.3, 0.4) is 0 Å². The van der Waals surface area contributed by atoms with Gasteiger partial charge in [-0.05, 0) is 49.3 Å². The van der Waals surface area contributed by atoms with E-state index in [0.29, 0.717) is 36.8 Å². The van der Waals surface area contributed by atoms with Crippen molar-refractivity contribution in [2.45, 2.75) is 39.7 Å². The molecule has 0 saturated heterocycles. The summed E-state index contributed by atoms with van der Waals surface area (Å²) in [6.07, 6.45) is 3.31. The Hall–Kier alpha value is -3.26. The minimum Gasteiger partial charge on any atom is -0.503 e. The molecule has 1 N–H and O–H groups in total. The molecule has 0 spiro atoms. The van der Waals surface area contributed by atoms with Crippen LogP contribution in [0.2, 0.25) is 0 Å². The van der Waals surface area contributed by atoms with Crippen LogP contribution in [-0.2, 0) is 4.79 Å². The molecule has 0 bridgehead atoms. The number of Topliss-reactive ketones (excluding diaryl/α,β-unsaturated/α-hetero) is 1. The number of aliphatic hydroxyl groups excluding tert-OH is 1. The fourth-order valence-electron chi connectivity index (χ4n) is 4.09. The molecule has 0 radical (unpaired) electrons. The van der Waals surface area contributed by atoms with Crippen molar-refractivity contribution in [2.75, 3.05) is 39.9 Å². The first-order chi connectivity index (χ1) is 16.5. The molecule has 8 heteroatoms. The first-order valence-electron chi connectivity index (χ1n) is 11.8. The summed E-state index contributed by atoms with van der Waals surface area (Å²) in [4.78, 5) is 30.1. The second-order valence-electron chi connectivity index (χ2n) is 8.11. The van der Waals surface area contributed by atoms with Gasteiger partial charge in [-0.25, -0.2) is 0 Å². The van der Waals surface area contributed by atoms with Crippen LogP contribution in [0.5, 0.6) is 11.5 Å². The number of rotatable bonds is 13. The highest BCUT2D eigenvalue weighted by Crippen LogP contribution is 2.41. The summed E-state index contributed by atoms with van der Waals surface area (Å²) < 4.78 is 16.7. The lowest BCUT2D eigenvalue weighted by atomic mass is 9.94. The van der Waals surface area contributed by atoms with Crippen molar-refractivity contribution in [1.82, 2.24) is 9.80 Å². The number of carbonyl (C=O) groups is 2. The summed E-state index contributed by atoms with van der Waals surface area (Å²) in [5.41, 5.74) is 0.646. The van der Waals surface area contributed by atoms with Crippen molar-refractivity contribution in [3.05, 3.63) is 59.3 Å². The van der Waals surface area contributed by atoms with Gasteiger partial charge in [-0.1, -0.05) is 33.3 Å². The fourth-order valence-corrected chi connectivity index (χ4v) is 4.09. The molecular formula is C26H34N2O6. The first-order valence-corrected chi connectivity index (χ1v) is 11.8. The van der Waals surface area contributed by atoms with Gasteiger partial charge in [0.1, 0.15) is 0 Å². The van der Waals surface area contributed by atoms with Crippen molar-refractivity contribution in [1.29, 1.82) is 0 Å². The molecule has 0 fully saturated rings. The van der Waals surface area contributed by atoms with Crippen LogP contribution in [0, 0.1) is 0 Å². The normalized spacial score (nSPS) is 16.0. The number of aliphatic hydroxyl groups is 1. The molecule has 3 rings (SSSR count). The standard InChI is InChI=1S/C26H34N2O6/c1-5-8-15-33-19-12-11-18(17-21(19)32-4)23-22(24(29)20-10-9-16-34-20)25(30)26(31)28(23)14-13-27(6-2)7-3/h9-12,16-17,23,30H,5-8,13-15H2,1-4H3. The number of benzene rings is 1. The maximum atomic E-state index is 13.3. The number of carbonyl (C=O) groups excluding carboxylic acids is 2. The van der Waals surface area contributed by atoms with Gasteiger partial charge in [-0.2, -0.15) is 0 Å². The van der Waals surface area contributed by atoms with Crippen LogP contribution in [-0.4, -0.2) is 66.5 Å². The number of ether oxygens (including phenoxy) is 2. The van der Waals surface area contributed by atoms with Crippen molar-refractivity contribution < 1.29 is 28.6 Å². The Kier molecular flexibility index (Phi) is 8.76. The monoisotopic (exact) mass is 470 g/mol. The molecule has 1 atom stereocenters. The molecule has 1 aromatic carbocycles. The van der Waals surface area contributed by atoms with Crippen LogP contribution >= 0.6 is 0 Å². The Morgan fingerprint density at radius 2 is 1.94 bits per heavy atom. The molecule has 8 nitrogen and oxygen atoms in total. The summed E-state index contributed by atoms with van der Waals surface area (Å²) in [7, 11) is 1.55. The number of hydrogen-bond donors (Lipinski definition) is 1. The lowest BCUT2D eigenvalue weighted by molar-refractivity contribution is -0.129. The van der Waals surface area contributed by atoms with E-state index in [-0.39, 0.29) is 11.3 Å². The number of hydrogen-bond acceptors (Lipinski definition) is 7. The second kappa shape index (κ2) is 11.7. The molecule has 1 aliphatic rings. The number of ketones is 1. The third-order valence-corrected chi connectivity index (χ3v) is 6.10. The van der Waals surface area contributed by atoms with Crippen LogP contribution < -0.4 is 9.47 Å². The van der Waals surface area contributed by atoms with Crippen molar-refractivity contribution in [2.24, 2.45) is 0 Å². The zero-order valence-electron chi connectivity index (χ0n) is 20.4. The summed E-state index contributed by atoms with van der Waals surface area (Å²) in [6, 6.07) is 7.69. The van der Waals surface area contributed by atoms with Gasteiger partial charge in [0.2, 0.25) is 5.78 Å². The zero-order valence-corrected chi connectivity index (χ0v) is 20.4. The lowest BCUT2D eigenvalue weighted by Crippen LogP contribution is -2.38. The number of nitrogens with zero attached hydrogens (tertiary/aromatic N) is 2. The van der Waals surface area contributed by atoms with Crippen LogP contribution in [0.15, 0.2) is 52.3 Å². The van der Waals surface area contributed by atoms with Crippen molar-refractivity contribution in [3.8, 4) is 11.5 Å². The van der Waals surface area contributed by atoms with Gasteiger partial charge in [0.15, 0.2) is 23.0 Å². The average Bonchev–Trinajstić information content (AvgIpc) is 3.47. The van der Waals surface area contributed by atoms with E-state index in [1.54, 1.807) is 31.4 Å². The summed E-state index contributed by atoms with van der Waals surface area (Å²) in [6.45, 7) is 9.38. The van der Waals surface area contributed by atoms with Gasteiger partial charge in [0.25, 0.3) is 5.91 Å². The molecule has 184 valence electrons. The highest BCUT2D eigenvalue weighted by atomic mass is 16.5. The molecule has 2 aromatic rings. The SMILES string of the molecule is CCCCOc1ccc(C2C(C(=O)c3ccco3)=C(O)C(=O)N2CCN(CC)CC)cc1OC. The molecule has 2 heterocycles. The van der Waals surface area contributed by atoms with E-state index in [0.717, 1.165) is 25.9 Å². The Balaban J connectivity index is 2.01. The number of likely N-dealkylation sites (N-methyl/N-ethyl adjacent to an activating group) is 1. The van der Waals surface area contributed by atoms with E-state index in [1.165, 1.54) is 17.2 Å². The lowest BCUT2D eigenvalue weighted by Gasteiger charge is -2.29. The maximum Gasteiger partial charge on any atom is 0.290 e. The predicted molar refractivity (Wildman–Crippen MR) is 128 cm³/mol. The van der Waals surface area contributed by atoms with Gasteiger partial charge in [-0.15, -0.1) is 0 Å². The first kappa shape index (κ1) is 25.4. The zero-order chi connectivity index (χ0) is 24.7. The van der Waals surface area contributed by atoms with Gasteiger partial charge >= 0.3 is 0 Å². The number of methoxy groups -OCH3 is 1. The van der Waals surface area contributed by atoms with E-state index in [1.807, 2.05) is 0 Å². The van der Waals surface area contributed by atoms with Gasteiger partial charge < -0.3 is 28.8 Å². The Morgan fingerprint density at radius 3 is 2.56 bits per heavy atom. The maximum absolute atomic E-state index is 13.3. The highest BCUT2D eigenvalue weighted by Gasteiger charge is 2.44. The van der Waals surface area contributed by atoms with Crippen LogP contribution in [0.1, 0.15) is 55.8 Å². The van der Waals surface area contributed by atoms with E-state index in [9.17, 15) is 14.7 Å². The molecule has 34 heavy (non-hydrogen) atoms. The largest absolute Gasteiger partial charge is 0.503 e. The summed E-state index contributed by atoms with van der Waals surface area (Å²) in [5, 5.41) is 10.8. The van der Waals surface area contributed by atoms with Crippen LogP contribution in [0.25, 0.3) is 0 Å². The molecule has 1 unspecified atom stereocenters. The van der Waals surface area contributed by atoms with Crippen molar-refractivity contribution >= 4 is 11.7 Å². The third-order valence-electron chi connectivity index (χ3n) is 6.10. The summed E-state index contributed by atoms with van der Waals surface area (Å²) in [5.74, 6) is -0.487. The Bertz CT molecular complexity index is 1010. The minimum atomic E-state index is -0.778. The molecule has 0 saturated carbocycles. The molecule has 1 aliphatic heterocycles. The van der Waals surface area contributed by atoms with E-state index < -0.39 is 23.5 Å². The molecule has 1 amide bonds. The number of amides is 1. The average molecular weight is 471 g/mol. The van der Waals surface area contributed by atoms with E-state index in [2.05, 4.69) is 25.7 Å². The smallest absolute Gasteiger partial charge is 0.290 e.